The van der Waals surface area contributed by atoms with Gasteiger partial charge in [0.1, 0.15) is 5.82 Å². The fourth-order valence-electron chi connectivity index (χ4n) is 2.92. The Morgan fingerprint density at radius 1 is 1.15 bits per heavy atom. The molecule has 1 amide bonds. The fourth-order valence-corrected chi connectivity index (χ4v) is 2.92. The molecule has 0 radical (unpaired) electrons. The molecule has 0 aromatic heterocycles. The lowest BCUT2D eigenvalue weighted by molar-refractivity contribution is -0.130. The Bertz CT molecular complexity index is 610. The first-order chi connectivity index (χ1) is 11.8. The number of carbonyl (C=O) groups is 1. The van der Waals surface area contributed by atoms with Gasteiger partial charge in [0.25, 0.3) is 0 Å². The molecule has 0 bridgehead atoms. The quantitative estimate of drug-likeness (QED) is 0.413. The van der Waals surface area contributed by atoms with Crippen LogP contribution in [0.1, 0.15) is 33.3 Å². The molecule has 7 heteroatoms. The van der Waals surface area contributed by atoms with Gasteiger partial charge >= 0.3 is 0 Å². The molecule has 0 aliphatic carbocycles. The van der Waals surface area contributed by atoms with Crippen LogP contribution in [0.25, 0.3) is 0 Å². The third-order valence-electron chi connectivity index (χ3n) is 4.61. The molecule has 1 N–H and O–H groups in total. The molecule has 1 aromatic rings. The summed E-state index contributed by atoms with van der Waals surface area (Å²) in [6.07, 6.45) is 0. The minimum Gasteiger partial charge on any atom is -0.357 e. The second kappa shape index (κ2) is 10.1. The molecule has 5 nitrogen and oxygen atoms in total. The second-order valence-electron chi connectivity index (χ2n) is 7.05. The highest BCUT2D eigenvalue weighted by molar-refractivity contribution is 14.0. The van der Waals surface area contributed by atoms with E-state index in [1.165, 1.54) is 12.1 Å². The highest BCUT2D eigenvalue weighted by atomic mass is 127. The number of carbonyl (C=O) groups excluding carboxylic acids is 1. The van der Waals surface area contributed by atoms with Crippen LogP contribution < -0.4 is 5.32 Å². The van der Waals surface area contributed by atoms with Gasteiger partial charge in [0, 0.05) is 45.1 Å². The Kier molecular flexibility index (Phi) is 8.79. The van der Waals surface area contributed by atoms with Gasteiger partial charge in [-0.1, -0.05) is 26.0 Å². The summed E-state index contributed by atoms with van der Waals surface area (Å²) in [5.74, 6) is 0.777. The Balaban J connectivity index is 0.00000338. The van der Waals surface area contributed by atoms with Crippen LogP contribution in [0.3, 0.4) is 0 Å². The van der Waals surface area contributed by atoms with Gasteiger partial charge < -0.3 is 15.1 Å². The summed E-state index contributed by atoms with van der Waals surface area (Å²) in [4.78, 5) is 20.3. The van der Waals surface area contributed by atoms with Crippen LogP contribution in [0.5, 0.6) is 0 Å². The fraction of sp³-hybridized carbons (Fsp3) is 0.579. The van der Waals surface area contributed by atoms with Gasteiger partial charge in [-0.25, -0.2) is 4.39 Å². The van der Waals surface area contributed by atoms with Crippen LogP contribution in [0.15, 0.2) is 29.3 Å². The van der Waals surface area contributed by atoms with Crippen molar-refractivity contribution in [3.8, 4) is 0 Å². The maximum absolute atomic E-state index is 13.1. The number of amides is 1. The van der Waals surface area contributed by atoms with Crippen LogP contribution in [0.4, 0.5) is 4.39 Å². The van der Waals surface area contributed by atoms with Gasteiger partial charge in [-0.3, -0.25) is 9.79 Å². The monoisotopic (exact) mass is 476 g/mol. The van der Waals surface area contributed by atoms with E-state index in [0.717, 1.165) is 44.2 Å². The summed E-state index contributed by atoms with van der Waals surface area (Å²) in [5.41, 5.74) is 0.880. The van der Waals surface area contributed by atoms with E-state index in [4.69, 9.17) is 4.99 Å². The van der Waals surface area contributed by atoms with Crippen molar-refractivity contribution in [3.63, 3.8) is 0 Å². The van der Waals surface area contributed by atoms with Crippen molar-refractivity contribution >= 4 is 35.8 Å². The Morgan fingerprint density at radius 2 is 1.69 bits per heavy atom. The first kappa shape index (κ1) is 22.7. The summed E-state index contributed by atoms with van der Waals surface area (Å²) in [7, 11) is 0. The number of halogens is 2. The molecule has 0 saturated carbocycles. The van der Waals surface area contributed by atoms with Crippen LogP contribution >= 0.6 is 24.0 Å². The van der Waals surface area contributed by atoms with Crippen molar-refractivity contribution in [2.75, 3.05) is 39.3 Å². The van der Waals surface area contributed by atoms with Gasteiger partial charge in [-0.2, -0.15) is 0 Å². The summed E-state index contributed by atoms with van der Waals surface area (Å²) in [5, 5.41) is 3.34. The first-order valence-corrected chi connectivity index (χ1v) is 8.88. The SMILES string of the molecule is CCNC(=NCC(C)(C)c1ccc(F)cc1)N1CCN(C(C)=O)CC1.I. The van der Waals surface area contributed by atoms with Gasteiger partial charge in [0.2, 0.25) is 5.91 Å². The zero-order valence-electron chi connectivity index (χ0n) is 16.1. The number of guanidine groups is 1. The minimum absolute atomic E-state index is 0. The molecule has 0 spiro atoms. The Labute approximate surface area is 173 Å². The number of hydrogen-bond acceptors (Lipinski definition) is 2. The lowest BCUT2D eigenvalue weighted by atomic mass is 9.85. The molecule has 0 unspecified atom stereocenters. The van der Waals surface area contributed by atoms with Gasteiger partial charge in [-0.05, 0) is 24.6 Å². The van der Waals surface area contributed by atoms with Crippen molar-refractivity contribution < 1.29 is 9.18 Å². The Morgan fingerprint density at radius 3 is 2.19 bits per heavy atom. The number of piperazine rings is 1. The molecule has 1 aliphatic rings. The maximum atomic E-state index is 13.1. The molecule has 146 valence electrons. The zero-order chi connectivity index (χ0) is 18.4. The van der Waals surface area contributed by atoms with E-state index in [0.29, 0.717) is 6.54 Å². The molecule has 0 atom stereocenters. The molecule has 1 aliphatic heterocycles. The molecule has 1 aromatic carbocycles. The molecular formula is C19H30FIN4O. The van der Waals surface area contributed by atoms with Gasteiger partial charge in [0.05, 0.1) is 6.54 Å². The van der Waals surface area contributed by atoms with Crippen molar-refractivity contribution in [2.24, 2.45) is 4.99 Å². The van der Waals surface area contributed by atoms with Crippen molar-refractivity contribution in [3.05, 3.63) is 35.6 Å². The predicted molar refractivity (Wildman–Crippen MR) is 115 cm³/mol. The highest BCUT2D eigenvalue weighted by Gasteiger charge is 2.24. The van der Waals surface area contributed by atoms with E-state index in [2.05, 4.69) is 24.1 Å². The van der Waals surface area contributed by atoms with Crippen LogP contribution in [0, 0.1) is 5.82 Å². The van der Waals surface area contributed by atoms with E-state index in [1.54, 1.807) is 6.92 Å². The van der Waals surface area contributed by atoms with Crippen molar-refractivity contribution in [2.45, 2.75) is 33.1 Å². The first-order valence-electron chi connectivity index (χ1n) is 8.88. The number of aliphatic imine (C=N–C) groups is 1. The van der Waals surface area contributed by atoms with Crippen LogP contribution in [0.2, 0.25) is 0 Å². The van der Waals surface area contributed by atoms with E-state index >= 15 is 0 Å². The van der Waals surface area contributed by atoms with Crippen molar-refractivity contribution in [1.29, 1.82) is 0 Å². The standard InChI is InChI=1S/C19H29FN4O.HI/c1-5-21-18(24-12-10-23(11-13-24)15(2)25)22-14-19(3,4)16-6-8-17(20)9-7-16;/h6-9H,5,10-14H2,1-4H3,(H,21,22);1H. The third-order valence-corrected chi connectivity index (χ3v) is 4.61. The Hall–Kier alpha value is -1.38. The topological polar surface area (TPSA) is 47.9 Å². The summed E-state index contributed by atoms with van der Waals surface area (Å²) >= 11 is 0. The minimum atomic E-state index is -0.222. The second-order valence-corrected chi connectivity index (χ2v) is 7.05. The lowest BCUT2D eigenvalue weighted by Crippen LogP contribution is -2.53. The molecule has 1 heterocycles. The number of benzene rings is 1. The third kappa shape index (κ3) is 6.10. The number of nitrogens with one attached hydrogen (secondary N) is 1. The van der Waals surface area contributed by atoms with Crippen LogP contribution in [-0.2, 0) is 10.2 Å². The number of nitrogens with zero attached hydrogens (tertiary/aromatic N) is 3. The summed E-state index contributed by atoms with van der Waals surface area (Å²) in [6, 6.07) is 6.63. The van der Waals surface area contributed by atoms with Crippen molar-refractivity contribution in [1.82, 2.24) is 15.1 Å². The van der Waals surface area contributed by atoms with E-state index in [1.807, 2.05) is 24.0 Å². The average molecular weight is 476 g/mol. The van der Waals surface area contributed by atoms with E-state index < -0.39 is 0 Å². The lowest BCUT2D eigenvalue weighted by Gasteiger charge is -2.36. The van der Waals surface area contributed by atoms with E-state index in [-0.39, 0.29) is 41.1 Å². The largest absolute Gasteiger partial charge is 0.357 e. The predicted octanol–water partition coefficient (Wildman–Crippen LogP) is 2.85. The van der Waals surface area contributed by atoms with Gasteiger partial charge in [0.15, 0.2) is 5.96 Å². The molecule has 1 fully saturated rings. The average Bonchev–Trinajstić information content (AvgIpc) is 2.59. The maximum Gasteiger partial charge on any atom is 0.219 e. The highest BCUT2D eigenvalue weighted by Crippen LogP contribution is 2.23. The zero-order valence-corrected chi connectivity index (χ0v) is 18.4. The molecule has 1 saturated heterocycles. The van der Waals surface area contributed by atoms with Crippen LogP contribution in [-0.4, -0.2) is 60.9 Å². The smallest absolute Gasteiger partial charge is 0.219 e. The summed E-state index contributed by atoms with van der Waals surface area (Å²) < 4.78 is 13.1. The molecule has 2 rings (SSSR count). The summed E-state index contributed by atoms with van der Waals surface area (Å²) in [6.45, 7) is 12.3. The number of rotatable bonds is 4. The molecule has 26 heavy (non-hydrogen) atoms. The number of hydrogen-bond donors (Lipinski definition) is 1. The van der Waals surface area contributed by atoms with E-state index in [9.17, 15) is 9.18 Å². The van der Waals surface area contributed by atoms with Gasteiger partial charge in [-0.15, -0.1) is 24.0 Å². The molecular weight excluding hydrogens is 446 g/mol. The normalized spacial score (nSPS) is 15.5.